The zero-order valence-electron chi connectivity index (χ0n) is 15.6. The lowest BCUT2D eigenvalue weighted by atomic mass is 10.2. The summed E-state index contributed by atoms with van der Waals surface area (Å²) in [4.78, 5) is 16.6. The zero-order valence-corrected chi connectivity index (χ0v) is 17.3. The molecule has 1 amide bonds. The second-order valence-electron chi connectivity index (χ2n) is 6.59. The number of nitrogens with one attached hydrogen (secondary N) is 1. The summed E-state index contributed by atoms with van der Waals surface area (Å²) in [6.45, 7) is 0.0967. The Bertz CT molecular complexity index is 1350. The number of nitrogens with zero attached hydrogens (tertiary/aromatic N) is 3. The molecule has 0 radical (unpaired) electrons. The minimum Gasteiger partial charge on any atom is -0.338 e. The number of sulfone groups is 1. The fourth-order valence-corrected chi connectivity index (χ4v) is 5.33. The van der Waals surface area contributed by atoms with Gasteiger partial charge in [-0.25, -0.2) is 13.4 Å². The van der Waals surface area contributed by atoms with Crippen molar-refractivity contribution in [3.8, 4) is 6.07 Å². The maximum Gasteiger partial charge on any atom is 0.244 e. The molecule has 2 aromatic heterocycles. The number of amides is 1. The van der Waals surface area contributed by atoms with Crippen molar-refractivity contribution in [3.05, 3.63) is 76.9 Å². The van der Waals surface area contributed by atoms with Crippen molar-refractivity contribution < 1.29 is 13.2 Å². The van der Waals surface area contributed by atoms with Crippen molar-refractivity contribution in [2.24, 2.45) is 0 Å². The smallest absolute Gasteiger partial charge is 0.244 e. The summed E-state index contributed by atoms with van der Waals surface area (Å²) >= 11 is 1.29. The quantitative estimate of drug-likeness (QED) is 0.497. The van der Waals surface area contributed by atoms with Crippen LogP contribution < -0.4 is 5.32 Å². The molecule has 0 spiro atoms. The van der Waals surface area contributed by atoms with Crippen LogP contribution in [-0.2, 0) is 26.9 Å². The van der Waals surface area contributed by atoms with E-state index in [1.807, 2.05) is 12.1 Å². The standard InChI is InChI=1S/C21H16N4O3S2/c22-12-15-1-6-19-16(11-15)7-9-25(19)13-20(26)24-17-2-4-18(5-3-17)30(27,28)14-21-23-8-10-29-21/h1-11H,13-14H2,(H,24,26). The van der Waals surface area contributed by atoms with Crippen LogP contribution >= 0.6 is 11.3 Å². The molecule has 2 heterocycles. The molecule has 4 aromatic rings. The molecule has 0 aliphatic rings. The van der Waals surface area contributed by atoms with Crippen LogP contribution in [0.2, 0.25) is 0 Å². The van der Waals surface area contributed by atoms with E-state index in [-0.39, 0.29) is 23.1 Å². The normalized spacial score (nSPS) is 11.3. The molecule has 0 aliphatic carbocycles. The number of hydrogen-bond donors (Lipinski definition) is 1. The summed E-state index contributed by atoms with van der Waals surface area (Å²) in [6, 6.07) is 15.3. The first-order valence-corrected chi connectivity index (χ1v) is 11.5. The van der Waals surface area contributed by atoms with Crippen molar-refractivity contribution in [1.82, 2.24) is 9.55 Å². The third-order valence-corrected chi connectivity index (χ3v) is 7.11. The van der Waals surface area contributed by atoms with E-state index in [0.29, 0.717) is 16.3 Å². The van der Waals surface area contributed by atoms with Crippen LogP contribution in [0, 0.1) is 11.3 Å². The molecule has 0 bridgehead atoms. The number of rotatable bonds is 6. The number of fused-ring (bicyclic) bond motifs is 1. The molecule has 7 nitrogen and oxygen atoms in total. The van der Waals surface area contributed by atoms with Gasteiger partial charge in [0.15, 0.2) is 9.84 Å². The van der Waals surface area contributed by atoms with Gasteiger partial charge in [-0.05, 0) is 48.5 Å². The molecule has 150 valence electrons. The molecule has 4 rings (SSSR count). The van der Waals surface area contributed by atoms with Gasteiger partial charge in [-0.2, -0.15) is 5.26 Å². The topological polar surface area (TPSA) is 105 Å². The number of hydrogen-bond acceptors (Lipinski definition) is 6. The van der Waals surface area contributed by atoms with Gasteiger partial charge in [0.2, 0.25) is 5.91 Å². The lowest BCUT2D eigenvalue weighted by Crippen LogP contribution is -2.18. The summed E-state index contributed by atoms with van der Waals surface area (Å²) in [5.41, 5.74) is 1.93. The Balaban J connectivity index is 1.43. The van der Waals surface area contributed by atoms with Crippen LogP contribution in [0.1, 0.15) is 10.6 Å². The monoisotopic (exact) mass is 436 g/mol. The van der Waals surface area contributed by atoms with Crippen molar-refractivity contribution in [2.45, 2.75) is 17.2 Å². The van der Waals surface area contributed by atoms with E-state index < -0.39 is 9.84 Å². The van der Waals surface area contributed by atoms with Crippen LogP contribution in [0.3, 0.4) is 0 Å². The summed E-state index contributed by atoms with van der Waals surface area (Å²) < 4.78 is 26.7. The first-order valence-electron chi connectivity index (χ1n) is 8.95. The maximum absolute atomic E-state index is 12.5. The van der Waals surface area contributed by atoms with Gasteiger partial charge in [0.05, 0.1) is 16.5 Å². The van der Waals surface area contributed by atoms with Gasteiger partial charge in [-0.15, -0.1) is 11.3 Å². The van der Waals surface area contributed by atoms with E-state index in [1.165, 1.54) is 23.5 Å². The number of carbonyl (C=O) groups excluding carboxylic acids is 1. The van der Waals surface area contributed by atoms with Crippen molar-refractivity contribution in [3.63, 3.8) is 0 Å². The lowest BCUT2D eigenvalue weighted by Gasteiger charge is -2.09. The molecular formula is C21H16N4O3S2. The molecule has 0 aliphatic heterocycles. The van der Waals surface area contributed by atoms with Crippen LogP contribution in [0.5, 0.6) is 0 Å². The Morgan fingerprint density at radius 3 is 2.67 bits per heavy atom. The first-order chi connectivity index (χ1) is 14.4. The molecule has 0 saturated heterocycles. The van der Waals surface area contributed by atoms with E-state index in [0.717, 1.165) is 10.9 Å². The van der Waals surface area contributed by atoms with Gasteiger partial charge < -0.3 is 9.88 Å². The number of nitriles is 1. The molecule has 30 heavy (non-hydrogen) atoms. The Labute approximate surface area is 177 Å². The van der Waals surface area contributed by atoms with Crippen LogP contribution in [-0.4, -0.2) is 23.9 Å². The number of carbonyl (C=O) groups is 1. The highest BCUT2D eigenvalue weighted by atomic mass is 32.2. The molecule has 2 aromatic carbocycles. The second kappa shape index (κ2) is 8.10. The highest BCUT2D eigenvalue weighted by Crippen LogP contribution is 2.21. The highest BCUT2D eigenvalue weighted by molar-refractivity contribution is 7.90. The van der Waals surface area contributed by atoms with E-state index >= 15 is 0 Å². The average Bonchev–Trinajstić information content (AvgIpc) is 3.37. The number of thiazole rings is 1. The third-order valence-electron chi connectivity index (χ3n) is 4.51. The fourth-order valence-electron chi connectivity index (χ4n) is 3.08. The molecule has 0 saturated carbocycles. The van der Waals surface area contributed by atoms with Crippen LogP contribution in [0.15, 0.2) is 71.2 Å². The minimum absolute atomic E-state index is 0.0967. The van der Waals surface area contributed by atoms with E-state index in [2.05, 4.69) is 16.4 Å². The fraction of sp³-hybridized carbons (Fsp3) is 0.0952. The van der Waals surface area contributed by atoms with E-state index in [1.54, 1.807) is 46.6 Å². The number of anilines is 1. The maximum atomic E-state index is 12.5. The predicted octanol–water partition coefficient (Wildman–Crippen LogP) is 3.58. The Morgan fingerprint density at radius 2 is 1.97 bits per heavy atom. The Kier molecular flexibility index (Phi) is 5.35. The predicted molar refractivity (Wildman–Crippen MR) is 115 cm³/mol. The van der Waals surface area contributed by atoms with E-state index in [4.69, 9.17) is 5.26 Å². The van der Waals surface area contributed by atoms with Crippen LogP contribution in [0.4, 0.5) is 5.69 Å². The molecule has 9 heteroatoms. The second-order valence-corrected chi connectivity index (χ2v) is 9.56. The zero-order chi connectivity index (χ0) is 21.1. The van der Waals surface area contributed by atoms with Crippen LogP contribution in [0.25, 0.3) is 10.9 Å². The average molecular weight is 437 g/mol. The lowest BCUT2D eigenvalue weighted by molar-refractivity contribution is -0.116. The van der Waals surface area contributed by atoms with Crippen molar-refractivity contribution >= 4 is 43.7 Å². The Morgan fingerprint density at radius 1 is 1.17 bits per heavy atom. The molecule has 0 atom stereocenters. The van der Waals surface area contributed by atoms with Gasteiger partial charge in [0.25, 0.3) is 0 Å². The van der Waals surface area contributed by atoms with Gasteiger partial charge in [-0.3, -0.25) is 4.79 Å². The van der Waals surface area contributed by atoms with Gasteiger partial charge in [0.1, 0.15) is 17.3 Å². The summed E-state index contributed by atoms with van der Waals surface area (Å²) in [7, 11) is -3.49. The van der Waals surface area contributed by atoms with Crippen molar-refractivity contribution in [1.29, 1.82) is 5.26 Å². The number of aromatic nitrogens is 2. The van der Waals surface area contributed by atoms with Gasteiger partial charge >= 0.3 is 0 Å². The molecule has 0 fully saturated rings. The first kappa shape index (κ1) is 19.8. The summed E-state index contributed by atoms with van der Waals surface area (Å²) in [5.74, 6) is -0.389. The van der Waals surface area contributed by atoms with Gasteiger partial charge in [-0.1, -0.05) is 0 Å². The third kappa shape index (κ3) is 4.25. The summed E-state index contributed by atoms with van der Waals surface area (Å²) in [5, 5.41) is 14.9. The number of benzene rings is 2. The molecular weight excluding hydrogens is 420 g/mol. The molecule has 1 N–H and O–H groups in total. The minimum atomic E-state index is -3.49. The SMILES string of the molecule is N#Cc1ccc2c(ccn2CC(=O)Nc2ccc(S(=O)(=O)Cc3nccs3)cc2)c1. The highest BCUT2D eigenvalue weighted by Gasteiger charge is 2.17. The summed E-state index contributed by atoms with van der Waals surface area (Å²) in [6.07, 6.45) is 3.37. The molecule has 0 unspecified atom stereocenters. The van der Waals surface area contributed by atoms with E-state index in [9.17, 15) is 13.2 Å². The van der Waals surface area contributed by atoms with Gasteiger partial charge in [0, 0.05) is 34.4 Å². The van der Waals surface area contributed by atoms with Crippen molar-refractivity contribution in [2.75, 3.05) is 5.32 Å². The Hall–Kier alpha value is -3.48. The largest absolute Gasteiger partial charge is 0.338 e.